The molecule has 53 heavy (non-hydrogen) atoms. The van der Waals surface area contributed by atoms with Gasteiger partial charge < -0.3 is 4.42 Å². The van der Waals surface area contributed by atoms with Crippen LogP contribution in [0.15, 0.2) is 144 Å². The first-order valence-corrected chi connectivity index (χ1v) is 18.4. The molecular formula is C45H33B5N2O. The van der Waals surface area contributed by atoms with Crippen LogP contribution in [0.1, 0.15) is 0 Å². The summed E-state index contributed by atoms with van der Waals surface area (Å²) >= 11 is 0. The maximum absolute atomic E-state index is 6.46. The summed E-state index contributed by atoms with van der Waals surface area (Å²) in [7, 11) is 11.3. The maximum Gasteiger partial charge on any atom is 0.144 e. The van der Waals surface area contributed by atoms with E-state index in [9.17, 15) is 0 Å². The fourth-order valence-corrected chi connectivity index (χ4v) is 8.74. The van der Waals surface area contributed by atoms with Gasteiger partial charge in [-0.3, -0.25) is 4.57 Å². The number of furan rings is 1. The lowest BCUT2D eigenvalue weighted by Gasteiger charge is -2.23. The van der Waals surface area contributed by atoms with Gasteiger partial charge in [-0.25, -0.2) is 4.98 Å². The van der Waals surface area contributed by atoms with Crippen LogP contribution in [0, 0.1) is 0 Å². The third-order valence-electron chi connectivity index (χ3n) is 11.8. The van der Waals surface area contributed by atoms with Crippen LogP contribution < -0.4 is 27.3 Å². The van der Waals surface area contributed by atoms with Gasteiger partial charge in [-0.05, 0) is 63.4 Å². The number of rotatable bonds is 4. The maximum atomic E-state index is 6.46. The number of benzene rings is 8. The molecule has 8 aromatic carbocycles. The minimum Gasteiger partial charge on any atom is -0.456 e. The number of para-hydroxylation sites is 3. The summed E-state index contributed by atoms with van der Waals surface area (Å²) in [5, 5.41) is 6.98. The molecule has 0 aliphatic rings. The van der Waals surface area contributed by atoms with Crippen LogP contribution in [0.25, 0.3) is 93.8 Å². The summed E-state index contributed by atoms with van der Waals surface area (Å²) in [4.78, 5) is 5.47. The van der Waals surface area contributed by atoms with E-state index in [1.165, 1.54) is 71.1 Å². The quantitative estimate of drug-likeness (QED) is 0.212. The fraction of sp³-hybridized carbons (Fsp3) is 0. The summed E-state index contributed by atoms with van der Waals surface area (Å²) in [6.45, 7) is 0. The molecule has 244 valence electrons. The fourth-order valence-electron chi connectivity index (χ4n) is 8.74. The molecule has 3 nitrogen and oxygen atoms in total. The second kappa shape index (κ2) is 12.0. The SMILES string of the molecule is Bc1c(B)c(B)c(-c2nc3ccccc3n2-c2c3ccccc3c(-c3cccc4oc5ccccc5c34)c3cc(-c4ccccc4)ccc23)c(B)c1B. The summed E-state index contributed by atoms with van der Waals surface area (Å²) in [5.41, 5.74) is 17.5. The van der Waals surface area contributed by atoms with Gasteiger partial charge in [0.2, 0.25) is 0 Å². The van der Waals surface area contributed by atoms with Crippen LogP contribution in [0.4, 0.5) is 0 Å². The molecule has 0 aliphatic heterocycles. The van der Waals surface area contributed by atoms with Crippen LogP contribution >= 0.6 is 0 Å². The Kier molecular flexibility index (Phi) is 7.13. The van der Waals surface area contributed by atoms with E-state index in [1.54, 1.807) is 0 Å². The zero-order valence-electron chi connectivity index (χ0n) is 30.6. The molecule has 2 aromatic heterocycles. The molecule has 0 amide bonds. The van der Waals surface area contributed by atoms with Crippen molar-refractivity contribution in [2.24, 2.45) is 0 Å². The molecule has 0 unspecified atom stereocenters. The van der Waals surface area contributed by atoms with E-state index < -0.39 is 0 Å². The van der Waals surface area contributed by atoms with Gasteiger partial charge in [-0.15, -0.1) is 16.4 Å². The number of aromatic nitrogens is 2. The van der Waals surface area contributed by atoms with Gasteiger partial charge in [-0.1, -0.05) is 120 Å². The molecule has 0 aliphatic carbocycles. The predicted molar refractivity (Wildman–Crippen MR) is 241 cm³/mol. The standard InChI is InChI=1S/C45H33B5N2O/c46-39-38(40(47)42(49)43(50)41(39)48)45-51-32-17-7-8-18-33(32)52(45)44-27-14-5-4-13-26(27)36(31-23-25(21-22-28(31)44)24-11-2-1-3-12-24)30-16-10-20-35-37(30)29-15-6-9-19-34(29)53-35/h1-23H,46-50H2. The van der Waals surface area contributed by atoms with Crippen molar-refractivity contribution >= 4 is 121 Å². The second-order valence-electron chi connectivity index (χ2n) is 14.4. The van der Waals surface area contributed by atoms with Crippen molar-refractivity contribution in [3.05, 3.63) is 140 Å². The normalized spacial score (nSPS) is 11.8. The summed E-state index contributed by atoms with van der Waals surface area (Å²) in [6, 6.07) is 50.1. The van der Waals surface area contributed by atoms with Crippen molar-refractivity contribution in [2.75, 3.05) is 0 Å². The molecule has 0 saturated carbocycles. The summed E-state index contributed by atoms with van der Waals surface area (Å²) in [5.74, 6) is 0.974. The highest BCUT2D eigenvalue weighted by Gasteiger charge is 2.26. The molecular weight excluding hydrogens is 639 g/mol. The largest absolute Gasteiger partial charge is 0.456 e. The van der Waals surface area contributed by atoms with Crippen molar-refractivity contribution in [1.29, 1.82) is 0 Å². The van der Waals surface area contributed by atoms with Gasteiger partial charge >= 0.3 is 0 Å². The molecule has 0 N–H and O–H groups in total. The Labute approximate surface area is 312 Å². The average Bonchev–Trinajstić information content (AvgIpc) is 3.77. The van der Waals surface area contributed by atoms with E-state index in [2.05, 4.69) is 177 Å². The Morgan fingerprint density at radius 2 is 1.08 bits per heavy atom. The Hall–Kier alpha value is -6.13. The summed E-state index contributed by atoms with van der Waals surface area (Å²) in [6.07, 6.45) is 0. The van der Waals surface area contributed by atoms with Gasteiger partial charge in [0.05, 0.1) is 16.7 Å². The zero-order chi connectivity index (χ0) is 36.0. The molecule has 8 heteroatoms. The van der Waals surface area contributed by atoms with Crippen LogP contribution in [-0.4, -0.2) is 48.8 Å². The second-order valence-corrected chi connectivity index (χ2v) is 14.4. The van der Waals surface area contributed by atoms with Crippen LogP contribution in [0.2, 0.25) is 0 Å². The van der Waals surface area contributed by atoms with Crippen molar-refractivity contribution in [3.63, 3.8) is 0 Å². The van der Waals surface area contributed by atoms with Crippen LogP contribution in [-0.2, 0) is 0 Å². The topological polar surface area (TPSA) is 31.0 Å². The van der Waals surface area contributed by atoms with Crippen molar-refractivity contribution in [2.45, 2.75) is 0 Å². The first-order chi connectivity index (χ1) is 25.9. The molecule has 0 saturated heterocycles. The average molecular weight is 672 g/mol. The molecule has 0 fully saturated rings. The van der Waals surface area contributed by atoms with Gasteiger partial charge in [0.15, 0.2) is 0 Å². The third-order valence-corrected chi connectivity index (χ3v) is 11.8. The molecule has 10 rings (SSSR count). The molecule has 0 radical (unpaired) electrons. The first-order valence-electron chi connectivity index (χ1n) is 18.4. The van der Waals surface area contributed by atoms with E-state index in [1.807, 2.05) is 6.07 Å². The Morgan fingerprint density at radius 3 is 1.87 bits per heavy atom. The molecule has 0 atom stereocenters. The predicted octanol–water partition coefficient (Wildman–Crippen LogP) is 3.52. The minimum absolute atomic E-state index is 0.892. The number of fused-ring (bicyclic) bond motifs is 6. The van der Waals surface area contributed by atoms with E-state index >= 15 is 0 Å². The van der Waals surface area contributed by atoms with Crippen molar-refractivity contribution in [1.82, 2.24) is 9.55 Å². The highest BCUT2D eigenvalue weighted by Crippen LogP contribution is 2.47. The smallest absolute Gasteiger partial charge is 0.144 e. The van der Waals surface area contributed by atoms with Gasteiger partial charge in [0.25, 0.3) is 0 Å². The lowest BCUT2D eigenvalue weighted by Crippen LogP contribution is -2.55. The van der Waals surface area contributed by atoms with Crippen molar-refractivity contribution < 1.29 is 4.42 Å². The van der Waals surface area contributed by atoms with Crippen molar-refractivity contribution in [3.8, 4) is 39.3 Å². The first kappa shape index (κ1) is 31.6. The monoisotopic (exact) mass is 672 g/mol. The Balaban J connectivity index is 1.42. The van der Waals surface area contributed by atoms with E-state index in [-0.39, 0.29) is 0 Å². The summed E-state index contributed by atoms with van der Waals surface area (Å²) < 4.78 is 8.91. The number of imidazole rings is 1. The van der Waals surface area contributed by atoms with Crippen LogP contribution in [0.5, 0.6) is 0 Å². The van der Waals surface area contributed by atoms with Gasteiger partial charge in [0.1, 0.15) is 56.2 Å². The minimum atomic E-state index is 0.892. The highest BCUT2D eigenvalue weighted by molar-refractivity contribution is 6.68. The zero-order valence-corrected chi connectivity index (χ0v) is 30.6. The lowest BCUT2D eigenvalue weighted by atomic mass is 9.60. The van der Waals surface area contributed by atoms with E-state index in [4.69, 9.17) is 9.40 Å². The molecule has 10 aromatic rings. The third kappa shape index (κ3) is 4.65. The molecule has 0 bridgehead atoms. The van der Waals surface area contributed by atoms with Gasteiger partial charge in [0, 0.05) is 27.1 Å². The van der Waals surface area contributed by atoms with E-state index in [0.29, 0.717) is 0 Å². The van der Waals surface area contributed by atoms with Crippen LogP contribution in [0.3, 0.4) is 0 Å². The highest BCUT2D eigenvalue weighted by atomic mass is 16.3. The Bertz CT molecular complexity index is 3100. The molecule has 2 heterocycles. The number of hydrogen-bond donors (Lipinski definition) is 0. The molecule has 0 spiro atoms. The lowest BCUT2D eigenvalue weighted by molar-refractivity contribution is 0.669. The van der Waals surface area contributed by atoms with Gasteiger partial charge in [-0.2, -0.15) is 0 Å². The Morgan fingerprint density at radius 1 is 0.453 bits per heavy atom. The number of nitrogens with zero attached hydrogens (tertiary/aromatic N) is 2. The number of hydrogen-bond acceptors (Lipinski definition) is 2. The van der Waals surface area contributed by atoms with E-state index in [0.717, 1.165) is 50.0 Å².